The number of carbonyl (C=O) groups is 1. The molecule has 0 unspecified atom stereocenters. The second-order valence-electron chi connectivity index (χ2n) is 8.02. The first kappa shape index (κ1) is 20.6. The van der Waals surface area contributed by atoms with E-state index in [4.69, 9.17) is 5.41 Å². The van der Waals surface area contributed by atoms with Gasteiger partial charge in [-0.25, -0.2) is 0 Å². The SMILES string of the molecule is CC(=N)Nc1ccc(C(=O)N2CCC(N(C)Cc3csc4ccccc34)CC2)cc1. The second-order valence-corrected chi connectivity index (χ2v) is 8.93. The van der Waals surface area contributed by atoms with E-state index in [1.54, 1.807) is 6.92 Å². The zero-order valence-electron chi connectivity index (χ0n) is 17.5. The first-order valence-corrected chi connectivity index (χ1v) is 11.3. The Morgan fingerprint density at radius 1 is 1.17 bits per heavy atom. The van der Waals surface area contributed by atoms with Gasteiger partial charge in [-0.2, -0.15) is 0 Å². The highest BCUT2D eigenvalue weighted by Gasteiger charge is 2.26. The molecule has 1 aliphatic rings. The number of anilines is 1. The topological polar surface area (TPSA) is 59.4 Å². The second kappa shape index (κ2) is 8.98. The van der Waals surface area contributed by atoms with Crippen LogP contribution in [0.25, 0.3) is 10.1 Å². The number of piperidine rings is 1. The van der Waals surface area contributed by atoms with Gasteiger partial charge in [0.05, 0.1) is 5.84 Å². The Bertz CT molecular complexity index is 1030. The molecule has 6 heteroatoms. The van der Waals surface area contributed by atoms with E-state index in [0.717, 1.165) is 38.2 Å². The Morgan fingerprint density at radius 3 is 2.57 bits per heavy atom. The third-order valence-electron chi connectivity index (χ3n) is 5.82. The molecule has 1 aromatic heterocycles. The van der Waals surface area contributed by atoms with Crippen LogP contribution >= 0.6 is 11.3 Å². The van der Waals surface area contributed by atoms with Gasteiger partial charge in [0.1, 0.15) is 0 Å². The molecule has 4 rings (SSSR count). The number of thiophene rings is 1. The quantitative estimate of drug-likeness (QED) is 0.449. The van der Waals surface area contributed by atoms with Gasteiger partial charge in [-0.05, 0) is 73.5 Å². The molecule has 2 heterocycles. The van der Waals surface area contributed by atoms with Gasteiger partial charge in [0.15, 0.2) is 0 Å². The summed E-state index contributed by atoms with van der Waals surface area (Å²) < 4.78 is 1.35. The Morgan fingerprint density at radius 2 is 1.87 bits per heavy atom. The van der Waals surface area contributed by atoms with Crippen molar-refractivity contribution in [3.05, 3.63) is 65.0 Å². The van der Waals surface area contributed by atoms with Crippen LogP contribution in [0.5, 0.6) is 0 Å². The van der Waals surface area contributed by atoms with E-state index in [1.807, 2.05) is 40.5 Å². The fourth-order valence-electron chi connectivity index (χ4n) is 4.16. The van der Waals surface area contributed by atoms with Crippen molar-refractivity contribution in [3.8, 4) is 0 Å². The van der Waals surface area contributed by atoms with Crippen LogP contribution in [0.3, 0.4) is 0 Å². The standard InChI is InChI=1S/C24H28N4OS/c1-17(25)26-20-9-7-18(8-10-20)24(29)28-13-11-21(12-14-28)27(2)15-19-16-30-23-6-4-3-5-22(19)23/h3-10,16,21H,11-15H2,1-2H3,(H2,25,26). The van der Waals surface area contributed by atoms with Crippen LogP contribution in [-0.4, -0.2) is 47.7 Å². The van der Waals surface area contributed by atoms with E-state index < -0.39 is 0 Å². The smallest absolute Gasteiger partial charge is 0.253 e. The van der Waals surface area contributed by atoms with E-state index in [0.29, 0.717) is 17.4 Å². The summed E-state index contributed by atoms with van der Waals surface area (Å²) in [5.74, 6) is 0.480. The lowest BCUT2D eigenvalue weighted by atomic mass is 10.0. The predicted octanol–water partition coefficient (Wildman–Crippen LogP) is 5.05. The lowest BCUT2D eigenvalue weighted by Gasteiger charge is -2.36. The highest BCUT2D eigenvalue weighted by molar-refractivity contribution is 7.17. The molecular formula is C24H28N4OS. The van der Waals surface area contributed by atoms with Crippen LogP contribution in [-0.2, 0) is 6.54 Å². The van der Waals surface area contributed by atoms with Crippen molar-refractivity contribution in [2.45, 2.75) is 32.4 Å². The molecule has 1 fully saturated rings. The monoisotopic (exact) mass is 420 g/mol. The normalized spacial score (nSPS) is 15.0. The number of hydrogen-bond acceptors (Lipinski definition) is 4. The van der Waals surface area contributed by atoms with Crippen molar-refractivity contribution in [1.82, 2.24) is 9.80 Å². The highest BCUT2D eigenvalue weighted by Crippen LogP contribution is 2.28. The molecule has 156 valence electrons. The maximum absolute atomic E-state index is 12.9. The van der Waals surface area contributed by atoms with E-state index in [-0.39, 0.29) is 5.91 Å². The van der Waals surface area contributed by atoms with Gasteiger partial charge < -0.3 is 10.2 Å². The van der Waals surface area contributed by atoms with Crippen molar-refractivity contribution in [2.24, 2.45) is 0 Å². The molecule has 0 radical (unpaired) electrons. The van der Waals surface area contributed by atoms with Gasteiger partial charge in [0.25, 0.3) is 5.91 Å². The van der Waals surface area contributed by atoms with Crippen molar-refractivity contribution >= 4 is 38.9 Å². The molecule has 0 aliphatic carbocycles. The molecule has 0 saturated carbocycles. The van der Waals surface area contributed by atoms with Crippen molar-refractivity contribution < 1.29 is 4.79 Å². The van der Waals surface area contributed by atoms with E-state index in [1.165, 1.54) is 15.6 Å². The van der Waals surface area contributed by atoms with Gasteiger partial charge >= 0.3 is 0 Å². The summed E-state index contributed by atoms with van der Waals surface area (Å²) in [6, 6.07) is 16.5. The number of nitrogens with zero attached hydrogens (tertiary/aromatic N) is 2. The summed E-state index contributed by atoms with van der Waals surface area (Å²) in [5.41, 5.74) is 2.94. The third kappa shape index (κ3) is 4.55. The molecule has 2 N–H and O–H groups in total. The van der Waals surface area contributed by atoms with Gasteiger partial charge in [0, 0.05) is 41.6 Å². The number of benzene rings is 2. The number of fused-ring (bicyclic) bond motifs is 1. The molecule has 5 nitrogen and oxygen atoms in total. The van der Waals surface area contributed by atoms with Crippen LogP contribution in [0.2, 0.25) is 0 Å². The number of amides is 1. The minimum Gasteiger partial charge on any atom is -0.344 e. The Hall–Kier alpha value is -2.70. The Labute approximate surface area is 181 Å². The van der Waals surface area contributed by atoms with Crippen LogP contribution in [0.1, 0.15) is 35.7 Å². The fraction of sp³-hybridized carbons (Fsp3) is 0.333. The average Bonchev–Trinajstić information content (AvgIpc) is 3.16. The van der Waals surface area contributed by atoms with Gasteiger partial charge in [-0.15, -0.1) is 11.3 Å². The minimum atomic E-state index is 0.0954. The van der Waals surface area contributed by atoms with Gasteiger partial charge in [-0.1, -0.05) is 18.2 Å². The van der Waals surface area contributed by atoms with Gasteiger partial charge in [-0.3, -0.25) is 15.1 Å². The molecule has 0 spiro atoms. The van der Waals surface area contributed by atoms with Crippen molar-refractivity contribution in [1.29, 1.82) is 5.41 Å². The average molecular weight is 421 g/mol. The van der Waals surface area contributed by atoms with Crippen molar-refractivity contribution in [3.63, 3.8) is 0 Å². The van der Waals surface area contributed by atoms with E-state index >= 15 is 0 Å². The van der Waals surface area contributed by atoms with Crippen LogP contribution in [0.15, 0.2) is 53.9 Å². The summed E-state index contributed by atoms with van der Waals surface area (Å²) in [5, 5.41) is 14.1. The Kier molecular flexibility index (Phi) is 6.16. The minimum absolute atomic E-state index is 0.0954. The number of carbonyl (C=O) groups excluding carboxylic acids is 1. The van der Waals surface area contributed by atoms with Gasteiger partial charge in [0.2, 0.25) is 0 Å². The summed E-state index contributed by atoms with van der Waals surface area (Å²) in [4.78, 5) is 17.3. The summed E-state index contributed by atoms with van der Waals surface area (Å²) in [6.07, 6.45) is 1.99. The van der Waals surface area contributed by atoms with Crippen molar-refractivity contribution in [2.75, 3.05) is 25.5 Å². The molecule has 0 atom stereocenters. The lowest BCUT2D eigenvalue weighted by Crippen LogP contribution is -2.45. The van der Waals surface area contributed by atoms with E-state index in [2.05, 4.69) is 46.9 Å². The molecule has 1 aliphatic heterocycles. The molecule has 0 bridgehead atoms. The zero-order valence-corrected chi connectivity index (χ0v) is 18.3. The number of likely N-dealkylation sites (tertiary alicyclic amines) is 1. The first-order valence-electron chi connectivity index (χ1n) is 10.4. The number of hydrogen-bond donors (Lipinski definition) is 2. The largest absolute Gasteiger partial charge is 0.344 e. The summed E-state index contributed by atoms with van der Waals surface area (Å²) in [6.45, 7) is 4.22. The lowest BCUT2D eigenvalue weighted by molar-refractivity contribution is 0.0640. The van der Waals surface area contributed by atoms with Crippen LogP contribution in [0.4, 0.5) is 5.69 Å². The van der Waals surface area contributed by atoms with E-state index in [9.17, 15) is 4.79 Å². The maximum Gasteiger partial charge on any atom is 0.253 e. The molecule has 30 heavy (non-hydrogen) atoms. The maximum atomic E-state index is 12.9. The van der Waals surface area contributed by atoms with Crippen LogP contribution in [0, 0.1) is 5.41 Å². The summed E-state index contributed by atoms with van der Waals surface area (Å²) in [7, 11) is 2.20. The molecular weight excluding hydrogens is 392 g/mol. The Balaban J connectivity index is 1.32. The fourth-order valence-corrected chi connectivity index (χ4v) is 5.11. The number of rotatable bonds is 5. The molecule has 1 amide bonds. The summed E-state index contributed by atoms with van der Waals surface area (Å²) >= 11 is 1.81. The highest BCUT2D eigenvalue weighted by atomic mass is 32.1. The molecule has 1 saturated heterocycles. The predicted molar refractivity (Wildman–Crippen MR) is 126 cm³/mol. The number of amidine groups is 1. The molecule has 2 aromatic carbocycles. The molecule has 3 aromatic rings. The van der Waals surface area contributed by atoms with Crippen LogP contribution < -0.4 is 5.32 Å². The zero-order chi connectivity index (χ0) is 21.1. The number of nitrogens with one attached hydrogen (secondary N) is 2. The first-order chi connectivity index (χ1) is 14.5. The third-order valence-corrected chi connectivity index (χ3v) is 6.83.